The van der Waals surface area contributed by atoms with Gasteiger partial charge >= 0.3 is 0 Å². The first-order valence-corrected chi connectivity index (χ1v) is 10.9. The van der Waals surface area contributed by atoms with E-state index in [0.717, 1.165) is 32.1 Å². The van der Waals surface area contributed by atoms with Crippen molar-refractivity contribution >= 4 is 17.7 Å². The fourth-order valence-electron chi connectivity index (χ4n) is 2.92. The first kappa shape index (κ1) is 25.4. The minimum absolute atomic E-state index is 0.108. The van der Waals surface area contributed by atoms with E-state index >= 15 is 0 Å². The molecule has 0 aliphatic heterocycles. The van der Waals surface area contributed by atoms with Gasteiger partial charge in [-0.2, -0.15) is 0 Å². The Morgan fingerprint density at radius 1 is 0.741 bits per heavy atom. The van der Waals surface area contributed by atoms with Gasteiger partial charge in [0.15, 0.2) is 0 Å². The van der Waals surface area contributed by atoms with E-state index in [1.165, 1.54) is 38.5 Å². The first-order valence-electron chi connectivity index (χ1n) is 10.9. The molecular formula is C21H41N3O3. The second-order valence-electron chi connectivity index (χ2n) is 7.34. The van der Waals surface area contributed by atoms with Gasteiger partial charge in [-0.1, -0.05) is 71.6 Å². The number of hydrogen-bond acceptors (Lipinski definition) is 3. The summed E-state index contributed by atoms with van der Waals surface area (Å²) >= 11 is 0. The van der Waals surface area contributed by atoms with Gasteiger partial charge in [0.2, 0.25) is 17.7 Å². The van der Waals surface area contributed by atoms with Crippen LogP contribution >= 0.6 is 0 Å². The Balaban J connectivity index is 3.83. The molecule has 0 bridgehead atoms. The van der Waals surface area contributed by atoms with Crippen LogP contribution in [0.1, 0.15) is 104 Å². The molecule has 0 saturated heterocycles. The van der Waals surface area contributed by atoms with Gasteiger partial charge < -0.3 is 16.4 Å². The lowest BCUT2D eigenvalue weighted by Crippen LogP contribution is -2.45. The van der Waals surface area contributed by atoms with Crippen LogP contribution in [0.5, 0.6) is 0 Å². The van der Waals surface area contributed by atoms with Crippen molar-refractivity contribution in [3.8, 4) is 0 Å². The van der Waals surface area contributed by atoms with Gasteiger partial charge in [0, 0.05) is 19.4 Å². The van der Waals surface area contributed by atoms with Gasteiger partial charge in [-0.05, 0) is 19.3 Å². The molecule has 0 radical (unpaired) electrons. The molecule has 0 unspecified atom stereocenters. The third-order valence-corrected chi connectivity index (χ3v) is 4.70. The maximum absolute atomic E-state index is 12.0. The van der Waals surface area contributed by atoms with Crippen LogP contribution in [-0.4, -0.2) is 30.3 Å². The fourth-order valence-corrected chi connectivity index (χ4v) is 2.92. The van der Waals surface area contributed by atoms with E-state index in [4.69, 9.17) is 5.73 Å². The molecule has 0 spiro atoms. The van der Waals surface area contributed by atoms with Crippen LogP contribution in [0.25, 0.3) is 0 Å². The van der Waals surface area contributed by atoms with Gasteiger partial charge in [0.25, 0.3) is 0 Å². The Hall–Kier alpha value is -1.59. The number of unbranched alkanes of at least 4 members (excludes halogenated alkanes) is 9. The van der Waals surface area contributed by atoms with Crippen molar-refractivity contribution in [3.63, 3.8) is 0 Å². The predicted octanol–water partition coefficient (Wildman–Crippen LogP) is 3.57. The molecule has 0 aliphatic carbocycles. The Kier molecular flexibility index (Phi) is 16.8. The lowest BCUT2D eigenvalue weighted by Gasteiger charge is -2.15. The Labute approximate surface area is 165 Å². The monoisotopic (exact) mass is 383 g/mol. The minimum atomic E-state index is -0.770. The number of nitrogens with one attached hydrogen (secondary N) is 2. The highest BCUT2D eigenvalue weighted by Gasteiger charge is 2.19. The van der Waals surface area contributed by atoms with Crippen molar-refractivity contribution in [2.45, 2.75) is 110 Å². The second-order valence-corrected chi connectivity index (χ2v) is 7.34. The smallest absolute Gasteiger partial charge is 0.240 e. The van der Waals surface area contributed by atoms with Crippen molar-refractivity contribution in [1.82, 2.24) is 10.6 Å². The van der Waals surface area contributed by atoms with Crippen LogP contribution in [-0.2, 0) is 14.4 Å². The van der Waals surface area contributed by atoms with E-state index in [9.17, 15) is 14.4 Å². The van der Waals surface area contributed by atoms with E-state index < -0.39 is 11.9 Å². The highest BCUT2D eigenvalue weighted by molar-refractivity contribution is 5.87. The number of carbonyl (C=O) groups is 3. The second kappa shape index (κ2) is 17.8. The maximum Gasteiger partial charge on any atom is 0.240 e. The SMILES string of the molecule is CCCCCCCCCCCC(=O)N[C@H](CCC(=O)NCCCC)C(N)=O. The normalized spacial score (nSPS) is 11.8. The average Bonchev–Trinajstić information content (AvgIpc) is 2.63. The van der Waals surface area contributed by atoms with Gasteiger partial charge in [-0.15, -0.1) is 0 Å². The van der Waals surface area contributed by atoms with Gasteiger partial charge in [0.05, 0.1) is 0 Å². The summed E-state index contributed by atoms with van der Waals surface area (Å²) in [6, 6.07) is -0.770. The van der Waals surface area contributed by atoms with Crippen molar-refractivity contribution in [3.05, 3.63) is 0 Å². The lowest BCUT2D eigenvalue weighted by molar-refractivity contribution is -0.128. The number of hydrogen-bond donors (Lipinski definition) is 3. The summed E-state index contributed by atoms with van der Waals surface area (Å²) < 4.78 is 0. The van der Waals surface area contributed by atoms with Crippen LogP contribution in [0.15, 0.2) is 0 Å². The molecule has 0 rings (SSSR count). The zero-order chi connectivity index (χ0) is 20.3. The molecule has 0 saturated carbocycles. The number of carbonyl (C=O) groups excluding carboxylic acids is 3. The molecule has 27 heavy (non-hydrogen) atoms. The van der Waals surface area contributed by atoms with Crippen molar-refractivity contribution < 1.29 is 14.4 Å². The van der Waals surface area contributed by atoms with E-state index in [2.05, 4.69) is 24.5 Å². The summed E-state index contributed by atoms with van der Waals surface area (Å²) in [5.74, 6) is -0.854. The molecule has 0 aromatic heterocycles. The molecule has 6 heteroatoms. The number of amides is 3. The summed E-state index contributed by atoms with van der Waals surface area (Å²) in [6.07, 6.45) is 13.5. The molecule has 3 amide bonds. The first-order chi connectivity index (χ1) is 13.0. The third-order valence-electron chi connectivity index (χ3n) is 4.70. The topological polar surface area (TPSA) is 101 Å². The van der Waals surface area contributed by atoms with Crippen molar-refractivity contribution in [2.75, 3.05) is 6.54 Å². The van der Waals surface area contributed by atoms with Crippen LogP contribution in [0.4, 0.5) is 0 Å². The van der Waals surface area contributed by atoms with E-state index in [1.54, 1.807) is 0 Å². The molecule has 1 atom stereocenters. The summed E-state index contributed by atoms with van der Waals surface area (Å²) in [5.41, 5.74) is 5.35. The molecular weight excluding hydrogens is 342 g/mol. The van der Waals surface area contributed by atoms with Crippen LogP contribution < -0.4 is 16.4 Å². The Morgan fingerprint density at radius 3 is 1.85 bits per heavy atom. The highest BCUT2D eigenvalue weighted by Crippen LogP contribution is 2.10. The number of primary amides is 1. The highest BCUT2D eigenvalue weighted by atomic mass is 16.2. The summed E-state index contributed by atoms with van der Waals surface area (Å²) in [6.45, 7) is 4.91. The van der Waals surface area contributed by atoms with Crippen molar-refractivity contribution in [2.24, 2.45) is 5.73 Å². The minimum Gasteiger partial charge on any atom is -0.368 e. The van der Waals surface area contributed by atoms with Gasteiger partial charge in [-0.3, -0.25) is 14.4 Å². The Bertz CT molecular complexity index is 413. The summed E-state index contributed by atoms with van der Waals surface area (Å²) in [4.78, 5) is 35.2. The lowest BCUT2D eigenvalue weighted by atomic mass is 10.1. The standard InChI is InChI=1S/C21H41N3O3/c1-3-5-7-8-9-10-11-12-13-14-20(26)24-18(21(22)27)15-16-19(25)23-17-6-4-2/h18H,3-17H2,1-2H3,(H2,22,27)(H,23,25)(H,24,26)/t18-/m1/s1. The van der Waals surface area contributed by atoms with E-state index in [0.29, 0.717) is 13.0 Å². The molecule has 0 aliphatic rings. The zero-order valence-corrected chi connectivity index (χ0v) is 17.5. The molecule has 158 valence electrons. The molecule has 0 aromatic rings. The summed E-state index contributed by atoms with van der Waals surface area (Å²) in [7, 11) is 0. The zero-order valence-electron chi connectivity index (χ0n) is 17.5. The van der Waals surface area contributed by atoms with E-state index in [-0.39, 0.29) is 24.7 Å². The number of nitrogens with two attached hydrogens (primary N) is 1. The van der Waals surface area contributed by atoms with Crippen LogP contribution in [0.2, 0.25) is 0 Å². The average molecular weight is 384 g/mol. The molecule has 0 heterocycles. The van der Waals surface area contributed by atoms with Gasteiger partial charge in [0.1, 0.15) is 6.04 Å². The van der Waals surface area contributed by atoms with E-state index in [1.807, 2.05) is 0 Å². The molecule has 4 N–H and O–H groups in total. The largest absolute Gasteiger partial charge is 0.368 e. The molecule has 0 aromatic carbocycles. The molecule has 0 fully saturated rings. The van der Waals surface area contributed by atoms with Crippen LogP contribution in [0.3, 0.4) is 0 Å². The van der Waals surface area contributed by atoms with Crippen molar-refractivity contribution in [1.29, 1.82) is 0 Å². The summed E-state index contributed by atoms with van der Waals surface area (Å²) in [5, 5.41) is 5.47. The number of rotatable bonds is 18. The van der Waals surface area contributed by atoms with Gasteiger partial charge in [-0.25, -0.2) is 0 Å². The Morgan fingerprint density at radius 2 is 1.30 bits per heavy atom. The predicted molar refractivity (Wildman–Crippen MR) is 110 cm³/mol. The van der Waals surface area contributed by atoms with Crippen LogP contribution in [0, 0.1) is 0 Å². The third kappa shape index (κ3) is 16.3. The fraction of sp³-hybridized carbons (Fsp3) is 0.857. The quantitative estimate of drug-likeness (QED) is 0.315. The maximum atomic E-state index is 12.0. The molecule has 6 nitrogen and oxygen atoms in total.